The molecule has 3 saturated heterocycles. The number of rotatable bonds is 24. The van der Waals surface area contributed by atoms with E-state index in [1.165, 1.54) is 63.7 Å². The zero-order valence-corrected chi connectivity index (χ0v) is 74.8. The number of nitrogens with one attached hydrogen (secondary N) is 13. The molecule has 8 rings (SSSR count). The van der Waals surface area contributed by atoms with Crippen LogP contribution in [-0.2, 0) is 101 Å². The highest BCUT2D eigenvalue weighted by atomic mass is 32.2. The van der Waals surface area contributed by atoms with E-state index in [9.17, 15) is 83.1 Å². The second-order valence-electron chi connectivity index (χ2n) is 32.3. The molecule has 0 aliphatic carbocycles. The van der Waals surface area contributed by atoms with Gasteiger partial charge in [0.2, 0.25) is 100 Å². The molecular formula is C85H119N21O22S2. The average Bonchev–Trinajstić information content (AvgIpc) is 1.63. The first-order valence-electron chi connectivity index (χ1n) is 42.8. The smallest absolute Gasteiger partial charge is 0.248 e. The maximum absolute atomic E-state index is 15.7. The summed E-state index contributed by atoms with van der Waals surface area (Å²) >= 11 is 2.08. The highest BCUT2D eigenvalue weighted by Crippen LogP contribution is 2.30. The van der Waals surface area contributed by atoms with Gasteiger partial charge >= 0.3 is 0 Å². The normalized spacial score (nSPS) is 25.2. The van der Waals surface area contributed by atoms with Gasteiger partial charge in [-0.25, -0.2) is 0 Å². The number of H-pyrrole nitrogens is 1. The predicted molar refractivity (Wildman–Crippen MR) is 476 cm³/mol. The second kappa shape index (κ2) is 49.3. The highest BCUT2D eigenvalue weighted by Gasteiger charge is 2.46. The van der Waals surface area contributed by atoms with Gasteiger partial charge in [-0.15, -0.1) is 23.1 Å². The van der Waals surface area contributed by atoms with Crippen LogP contribution in [0.15, 0.2) is 84.4 Å². The Balaban J connectivity index is 1.18. The molecule has 24 N–H and O–H groups in total. The molecule has 708 valence electrons. The minimum Gasteiger partial charge on any atom is -0.508 e. The number of amides is 17. The second-order valence-corrected chi connectivity index (χ2v) is 34.3. The molecule has 45 heteroatoms. The van der Waals surface area contributed by atoms with Crippen LogP contribution in [0, 0.1) is 5.41 Å². The lowest BCUT2D eigenvalue weighted by Gasteiger charge is -2.36. The molecule has 0 spiro atoms. The Morgan fingerprint density at radius 1 is 0.531 bits per heavy atom. The number of thiophene rings is 1. The van der Waals surface area contributed by atoms with Crippen molar-refractivity contribution in [2.45, 2.75) is 208 Å². The van der Waals surface area contributed by atoms with Crippen molar-refractivity contribution < 1.29 is 107 Å². The van der Waals surface area contributed by atoms with Crippen LogP contribution in [0.4, 0.5) is 0 Å². The molecule has 3 fully saturated rings. The number of likely N-dealkylation sites (N-methyl/N-ethyl adjacent to an activating group) is 3. The molecule has 0 saturated carbocycles. The maximum Gasteiger partial charge on any atom is 0.248 e. The van der Waals surface area contributed by atoms with Crippen molar-refractivity contribution in [3.05, 3.63) is 101 Å². The summed E-state index contributed by atoms with van der Waals surface area (Å²) in [6, 6.07) is -3.58. The van der Waals surface area contributed by atoms with Gasteiger partial charge in [0.25, 0.3) is 0 Å². The number of aliphatic hydroxyl groups is 4. The fourth-order valence-electron chi connectivity index (χ4n) is 15.5. The van der Waals surface area contributed by atoms with Crippen LogP contribution in [0.1, 0.15) is 115 Å². The van der Waals surface area contributed by atoms with E-state index < -0.39 is 254 Å². The predicted octanol–water partition coefficient (Wildman–Crippen LogP) is -5.22. The lowest BCUT2D eigenvalue weighted by molar-refractivity contribution is -0.149. The van der Waals surface area contributed by atoms with Crippen LogP contribution in [0.2, 0.25) is 0 Å². The Kier molecular flexibility index (Phi) is 39.0. The summed E-state index contributed by atoms with van der Waals surface area (Å²) in [5.41, 5.74) is 18.6. The third kappa shape index (κ3) is 28.2. The number of unbranched alkanes of at least 4 members (excludes halogenated alkanes) is 2. The number of phenolic OH excluding ortho intramolecular Hbond substituents is 1. The SMILES string of the molecule is CCCC[C@H]1C(=O)N(C)[C@@H](CCCC)C(=O)N[C@@H](CCCNC(=N)N)C(=O)NC(C(=O)NCC(N)=O)CSCC(=O)N[C@@H](Cc2ccc(O)cc2)C(=O)N(C)[C@@H](C)C(=O)N[C@@H](CC(N)=O)C(=O)N2CCC[C@H]2C(=O)N[C@@H](CO)C(=O)N[C@@H](CO)C(=O)N2C[C@H](O)C[C@H]2C(=O)N[C@@H](Cc2c[nH]c3ccccc23)C(=O)N[C@@H](CO)C(=O)N[C@@H](Cc2csc3ccccc23)C(=O)N1C. The number of hydrogen-bond acceptors (Lipinski definition) is 25. The number of para-hydroxylation sites is 1. The number of nitrogens with two attached hydrogens (primary N) is 3. The van der Waals surface area contributed by atoms with Crippen LogP contribution in [-0.4, -0.2) is 331 Å². The number of guanidine groups is 1. The van der Waals surface area contributed by atoms with Crippen molar-refractivity contribution in [2.24, 2.45) is 17.2 Å². The monoisotopic (exact) mass is 1850 g/mol. The number of benzene rings is 3. The van der Waals surface area contributed by atoms with Crippen LogP contribution in [0.3, 0.4) is 0 Å². The number of carbonyl (C=O) groups is 17. The van der Waals surface area contributed by atoms with E-state index in [4.69, 9.17) is 22.6 Å². The molecular weight excluding hydrogens is 1730 g/mol. The van der Waals surface area contributed by atoms with E-state index >= 15 is 24.0 Å². The lowest BCUT2D eigenvalue weighted by atomic mass is 10.00. The largest absolute Gasteiger partial charge is 0.508 e. The Labute approximate surface area is 757 Å². The van der Waals surface area contributed by atoms with E-state index in [-0.39, 0.29) is 76.6 Å². The molecule has 130 heavy (non-hydrogen) atoms. The first kappa shape index (κ1) is 103. The molecule has 43 nitrogen and oxygen atoms in total. The van der Waals surface area contributed by atoms with Crippen molar-refractivity contribution in [1.82, 2.24) is 88.0 Å². The van der Waals surface area contributed by atoms with Crippen molar-refractivity contribution in [1.29, 1.82) is 5.41 Å². The summed E-state index contributed by atoms with van der Waals surface area (Å²) in [6.45, 7) is -0.123. The number of nitrogens with zero attached hydrogens (tertiary/aromatic N) is 5. The molecule has 1 unspecified atom stereocenters. The van der Waals surface area contributed by atoms with Crippen LogP contribution in [0.25, 0.3) is 21.0 Å². The van der Waals surface area contributed by atoms with Gasteiger partial charge in [-0.1, -0.05) is 88.1 Å². The molecule has 5 heterocycles. The van der Waals surface area contributed by atoms with Gasteiger partial charge in [0.1, 0.15) is 90.3 Å². The quantitative estimate of drug-likeness (QED) is 0.0156. The third-order valence-corrected chi connectivity index (χ3v) is 24.9. The average molecular weight is 1850 g/mol. The number of carbonyl (C=O) groups excluding carboxylic acids is 17. The van der Waals surface area contributed by atoms with Gasteiger partial charge in [-0.3, -0.25) is 86.9 Å². The number of phenols is 1. The summed E-state index contributed by atoms with van der Waals surface area (Å²) in [5.74, 6) is -19.0. The fraction of sp³-hybridized carbons (Fsp3) is 0.529. The number of hydrogen-bond donors (Lipinski definition) is 21. The summed E-state index contributed by atoms with van der Waals surface area (Å²) in [7, 11) is 3.85. The summed E-state index contributed by atoms with van der Waals surface area (Å²) in [5, 5.41) is 92.6. The van der Waals surface area contributed by atoms with E-state index in [1.54, 1.807) is 54.0 Å². The number of primary amides is 2. The molecule has 3 aliphatic heterocycles. The zero-order chi connectivity index (χ0) is 95.3. The Hall–Kier alpha value is -12.6. The summed E-state index contributed by atoms with van der Waals surface area (Å²) < 4.78 is 0.796. The standard InChI is InChI=1S/C85H119N21O22S2/c1-7-9-21-63-77(121)94-54(20-15-29-90-85(88)89)73(117)101-62(72(116)92-37-69(87)113)43-129-44-70(114)93-56(31-46-25-27-49(110)28-26-46)80(124)102(4)45(3)71(115)96-58(35-68(86)112)82(126)105-30-16-23-64(105)78(122)99-60(40-108)76(120)100-61(41-109)83(127)106-38-50(111)34-66(106)79(123)95-55(32-47-36-91-53-19-13-11-17-51(47)53)74(118)98-59(39-107)75(119)97-57(33-48-42-130-67-24-14-12-18-52(48)67)81(125)104(6)65(22-10-8-2)84(128)103(63)5/h11-14,17-19,24-28,36,42,45,50,54-66,91,107-111H,7-10,15-16,20-23,29-35,37-41,43-44H2,1-6H3,(H2,86,112)(H2,87,113)(H,92,116)(H,93,114)(H,94,121)(H,95,123)(H,96,115)(H,97,119)(H,98,118)(H,99,122)(H,100,120)(H,101,117)(H4,88,89,90)/t45-,50+,54-,55-,56-,57-,58-,59-,60-,61-,62?,63-,64-,65-,66-/m0/s1. The number of aliphatic hydroxyl groups excluding tert-OH is 4. The Morgan fingerprint density at radius 3 is 1.72 bits per heavy atom. The zero-order valence-electron chi connectivity index (χ0n) is 73.2. The van der Waals surface area contributed by atoms with Crippen molar-refractivity contribution in [3.8, 4) is 5.75 Å². The van der Waals surface area contributed by atoms with Crippen LogP contribution >= 0.6 is 23.1 Å². The molecule has 3 aliphatic rings. The summed E-state index contributed by atoms with van der Waals surface area (Å²) in [6.07, 6.45) is -0.758. The minimum absolute atomic E-state index is 0.0180. The van der Waals surface area contributed by atoms with Gasteiger partial charge < -0.3 is 131 Å². The first-order chi connectivity index (χ1) is 61.9. The molecule has 15 atom stereocenters. The van der Waals surface area contributed by atoms with E-state index in [0.29, 0.717) is 58.7 Å². The van der Waals surface area contributed by atoms with Crippen LogP contribution in [0.5, 0.6) is 5.75 Å². The topological polar surface area (TPSA) is 658 Å². The maximum atomic E-state index is 15.7. The van der Waals surface area contributed by atoms with E-state index in [2.05, 4.69) is 63.5 Å². The van der Waals surface area contributed by atoms with E-state index in [1.807, 2.05) is 19.9 Å². The lowest BCUT2D eigenvalue weighted by Crippen LogP contribution is -2.62. The van der Waals surface area contributed by atoms with Crippen LogP contribution < -0.4 is 75.7 Å². The Morgan fingerprint density at radius 2 is 1.08 bits per heavy atom. The van der Waals surface area contributed by atoms with Crippen molar-refractivity contribution in [2.75, 3.05) is 78.6 Å². The molecule has 17 amide bonds. The van der Waals surface area contributed by atoms with Crippen molar-refractivity contribution in [3.63, 3.8) is 0 Å². The Bertz CT molecular complexity index is 4900. The highest BCUT2D eigenvalue weighted by molar-refractivity contribution is 8.00. The molecule has 0 bridgehead atoms. The number of aromatic amines is 1. The molecule has 3 aromatic carbocycles. The third-order valence-electron chi connectivity index (χ3n) is 22.9. The fourth-order valence-corrected chi connectivity index (χ4v) is 17.4. The molecule has 5 aromatic rings. The van der Waals surface area contributed by atoms with Gasteiger partial charge in [-0.2, -0.15) is 0 Å². The number of aromatic hydroxyl groups is 1. The number of thioether (sulfide) groups is 1. The van der Waals surface area contributed by atoms with Gasteiger partial charge in [-0.05, 0) is 97.2 Å². The van der Waals surface area contributed by atoms with Crippen molar-refractivity contribution >= 4 is 150 Å². The van der Waals surface area contributed by atoms with E-state index in [0.717, 1.165) is 41.0 Å². The first-order valence-corrected chi connectivity index (χ1v) is 44.9. The minimum atomic E-state index is -1.97. The van der Waals surface area contributed by atoms with Gasteiger partial charge in [0.05, 0.1) is 44.6 Å². The number of aromatic nitrogens is 1. The summed E-state index contributed by atoms with van der Waals surface area (Å²) in [4.78, 5) is 255. The van der Waals surface area contributed by atoms with Gasteiger partial charge in [0.15, 0.2) is 5.96 Å². The van der Waals surface area contributed by atoms with Gasteiger partial charge in [0, 0.05) is 94.0 Å². The molecule has 2 aromatic heterocycles. The number of fused-ring (bicyclic) bond motifs is 4. The molecule has 0 radical (unpaired) electrons.